The molecule has 2 rings (SSSR count). The highest BCUT2D eigenvalue weighted by Crippen LogP contribution is 2.30. The first-order valence-electron chi connectivity index (χ1n) is 7.26. The summed E-state index contributed by atoms with van der Waals surface area (Å²) < 4.78 is 15.9. The van der Waals surface area contributed by atoms with Crippen LogP contribution in [-0.4, -0.2) is 55.5 Å². The fourth-order valence-electron chi connectivity index (χ4n) is 2.73. The van der Waals surface area contributed by atoms with Crippen LogP contribution in [0, 0.1) is 5.92 Å². The van der Waals surface area contributed by atoms with Gasteiger partial charge in [0.05, 0.1) is 19.8 Å². The highest BCUT2D eigenvalue weighted by Gasteiger charge is 2.37. The summed E-state index contributed by atoms with van der Waals surface area (Å²) in [6.07, 6.45) is 2.22. The van der Waals surface area contributed by atoms with Crippen LogP contribution in [0.3, 0.4) is 0 Å². The van der Waals surface area contributed by atoms with Gasteiger partial charge in [-0.15, -0.1) is 0 Å². The third-order valence-electron chi connectivity index (χ3n) is 3.88. The van der Waals surface area contributed by atoms with E-state index in [1.807, 2.05) is 6.92 Å². The molecule has 0 aromatic rings. The summed E-state index contributed by atoms with van der Waals surface area (Å²) in [5, 5.41) is 0. The monoisotopic (exact) mass is 285 g/mol. The molecule has 1 amide bonds. The number of likely N-dealkylation sites (tertiary alicyclic amines) is 1. The largest absolute Gasteiger partial charge is 0.465 e. The number of hydrogen-bond donors (Lipinski definition) is 0. The highest BCUT2D eigenvalue weighted by atomic mass is 16.7. The lowest BCUT2D eigenvalue weighted by Crippen LogP contribution is -2.34. The maximum absolute atomic E-state index is 12.2. The second-order valence-electron chi connectivity index (χ2n) is 5.42. The SMILES string of the molecule is CCOC(=O)CN1CCC(CCC2(C)OCCO2)C1=O. The van der Waals surface area contributed by atoms with Gasteiger partial charge in [-0.1, -0.05) is 0 Å². The van der Waals surface area contributed by atoms with Gasteiger partial charge < -0.3 is 19.1 Å². The summed E-state index contributed by atoms with van der Waals surface area (Å²) >= 11 is 0. The van der Waals surface area contributed by atoms with Crippen molar-refractivity contribution in [1.29, 1.82) is 0 Å². The van der Waals surface area contributed by atoms with Crippen molar-refractivity contribution < 1.29 is 23.8 Å². The Labute approximate surface area is 119 Å². The summed E-state index contributed by atoms with van der Waals surface area (Å²) in [5.74, 6) is -0.876. The van der Waals surface area contributed by atoms with Gasteiger partial charge in [0.2, 0.25) is 5.91 Å². The molecule has 0 aromatic heterocycles. The quantitative estimate of drug-likeness (QED) is 0.680. The number of amides is 1. The minimum Gasteiger partial charge on any atom is -0.465 e. The molecular formula is C14H23NO5. The molecule has 0 saturated carbocycles. The molecule has 0 N–H and O–H groups in total. The van der Waals surface area contributed by atoms with Crippen LogP contribution in [0.2, 0.25) is 0 Å². The van der Waals surface area contributed by atoms with Crippen LogP contribution in [0.1, 0.15) is 33.1 Å². The minimum absolute atomic E-state index is 0.0333. The maximum Gasteiger partial charge on any atom is 0.325 e. The van der Waals surface area contributed by atoms with Gasteiger partial charge in [-0.05, 0) is 26.7 Å². The van der Waals surface area contributed by atoms with E-state index in [1.54, 1.807) is 11.8 Å². The molecule has 2 aliphatic rings. The number of carbonyl (C=O) groups excluding carboxylic acids is 2. The van der Waals surface area contributed by atoms with Crippen LogP contribution in [0.5, 0.6) is 0 Å². The Morgan fingerprint density at radius 3 is 2.80 bits per heavy atom. The average Bonchev–Trinajstić information content (AvgIpc) is 2.97. The predicted molar refractivity (Wildman–Crippen MR) is 70.9 cm³/mol. The lowest BCUT2D eigenvalue weighted by molar-refractivity contribution is -0.153. The molecule has 2 saturated heterocycles. The van der Waals surface area contributed by atoms with Crippen molar-refractivity contribution in [2.75, 3.05) is 32.9 Å². The Morgan fingerprint density at radius 2 is 2.15 bits per heavy atom. The van der Waals surface area contributed by atoms with Crippen molar-refractivity contribution in [3.8, 4) is 0 Å². The van der Waals surface area contributed by atoms with E-state index in [2.05, 4.69) is 0 Å². The summed E-state index contributed by atoms with van der Waals surface area (Å²) in [6.45, 7) is 5.93. The third kappa shape index (κ3) is 3.70. The number of carbonyl (C=O) groups is 2. The van der Waals surface area contributed by atoms with Gasteiger partial charge in [0.25, 0.3) is 0 Å². The molecule has 1 atom stereocenters. The van der Waals surface area contributed by atoms with Crippen LogP contribution in [0.15, 0.2) is 0 Å². The highest BCUT2D eigenvalue weighted by molar-refractivity contribution is 5.85. The van der Waals surface area contributed by atoms with Crippen molar-refractivity contribution in [2.24, 2.45) is 5.92 Å². The van der Waals surface area contributed by atoms with E-state index < -0.39 is 5.79 Å². The molecule has 6 heteroatoms. The van der Waals surface area contributed by atoms with Gasteiger partial charge in [0, 0.05) is 18.9 Å². The zero-order chi connectivity index (χ0) is 14.6. The molecule has 6 nitrogen and oxygen atoms in total. The van der Waals surface area contributed by atoms with Gasteiger partial charge >= 0.3 is 5.97 Å². The number of esters is 1. The van der Waals surface area contributed by atoms with Gasteiger partial charge in [-0.2, -0.15) is 0 Å². The molecular weight excluding hydrogens is 262 g/mol. The molecule has 0 radical (unpaired) electrons. The minimum atomic E-state index is -0.547. The molecule has 2 aliphatic heterocycles. The maximum atomic E-state index is 12.2. The lowest BCUT2D eigenvalue weighted by atomic mass is 9.98. The third-order valence-corrected chi connectivity index (χ3v) is 3.88. The first kappa shape index (κ1) is 15.3. The summed E-state index contributed by atoms with van der Waals surface area (Å²) in [4.78, 5) is 25.2. The topological polar surface area (TPSA) is 65.1 Å². The molecule has 0 spiro atoms. The molecule has 114 valence electrons. The van der Waals surface area contributed by atoms with Crippen molar-refractivity contribution in [3.05, 3.63) is 0 Å². The normalized spacial score (nSPS) is 25.2. The van der Waals surface area contributed by atoms with Crippen LogP contribution in [0.4, 0.5) is 0 Å². The van der Waals surface area contributed by atoms with Gasteiger partial charge in [-0.3, -0.25) is 9.59 Å². The van der Waals surface area contributed by atoms with E-state index in [0.29, 0.717) is 32.8 Å². The van der Waals surface area contributed by atoms with Crippen LogP contribution in [0.25, 0.3) is 0 Å². The first-order chi connectivity index (χ1) is 9.54. The lowest BCUT2D eigenvalue weighted by Gasteiger charge is -2.23. The zero-order valence-corrected chi connectivity index (χ0v) is 12.2. The van der Waals surface area contributed by atoms with E-state index >= 15 is 0 Å². The number of rotatable bonds is 6. The summed E-state index contributed by atoms with van der Waals surface area (Å²) in [6, 6.07) is 0. The fraction of sp³-hybridized carbons (Fsp3) is 0.857. The van der Waals surface area contributed by atoms with E-state index in [-0.39, 0.29) is 24.3 Å². The van der Waals surface area contributed by atoms with Crippen molar-refractivity contribution in [3.63, 3.8) is 0 Å². The molecule has 2 fully saturated rings. The zero-order valence-electron chi connectivity index (χ0n) is 12.2. The molecule has 0 bridgehead atoms. The number of hydrogen-bond acceptors (Lipinski definition) is 5. The van der Waals surface area contributed by atoms with Gasteiger partial charge in [-0.25, -0.2) is 0 Å². The molecule has 20 heavy (non-hydrogen) atoms. The molecule has 2 heterocycles. The average molecular weight is 285 g/mol. The fourth-order valence-corrected chi connectivity index (χ4v) is 2.73. The molecule has 0 aliphatic carbocycles. The van der Waals surface area contributed by atoms with Crippen LogP contribution in [-0.2, 0) is 23.8 Å². The standard InChI is InChI=1S/C14H23NO5/c1-3-18-12(16)10-15-7-5-11(13(15)17)4-6-14(2)19-8-9-20-14/h11H,3-10H2,1-2H3. The first-order valence-corrected chi connectivity index (χ1v) is 7.26. The van der Waals surface area contributed by atoms with Crippen molar-refractivity contribution in [2.45, 2.75) is 38.9 Å². The van der Waals surface area contributed by atoms with Crippen LogP contribution < -0.4 is 0 Å². The van der Waals surface area contributed by atoms with E-state index in [4.69, 9.17) is 14.2 Å². The van der Waals surface area contributed by atoms with E-state index in [9.17, 15) is 9.59 Å². The summed E-state index contributed by atoms with van der Waals surface area (Å²) in [7, 11) is 0. The Kier molecular flexibility index (Phi) is 4.99. The molecule has 1 unspecified atom stereocenters. The second-order valence-corrected chi connectivity index (χ2v) is 5.42. The van der Waals surface area contributed by atoms with Gasteiger partial charge in [0.1, 0.15) is 6.54 Å². The van der Waals surface area contributed by atoms with E-state index in [0.717, 1.165) is 12.8 Å². The van der Waals surface area contributed by atoms with Crippen LogP contribution >= 0.6 is 0 Å². The van der Waals surface area contributed by atoms with Gasteiger partial charge in [0.15, 0.2) is 5.79 Å². The van der Waals surface area contributed by atoms with Crippen molar-refractivity contribution >= 4 is 11.9 Å². The Balaban J connectivity index is 1.77. The Morgan fingerprint density at radius 1 is 1.45 bits per heavy atom. The van der Waals surface area contributed by atoms with E-state index in [1.165, 1.54) is 0 Å². The number of nitrogens with zero attached hydrogens (tertiary/aromatic N) is 1. The number of ether oxygens (including phenoxy) is 3. The predicted octanol–water partition coefficient (Wildman–Crippen LogP) is 0.941. The molecule has 0 aromatic carbocycles. The Hall–Kier alpha value is -1.14. The smallest absolute Gasteiger partial charge is 0.325 e. The summed E-state index contributed by atoms with van der Waals surface area (Å²) in [5.41, 5.74) is 0. The second kappa shape index (κ2) is 6.54. The Bertz CT molecular complexity index is 365. The van der Waals surface area contributed by atoms with Crippen molar-refractivity contribution in [1.82, 2.24) is 4.90 Å².